The largest absolute Gasteiger partial charge is 0.497 e. The summed E-state index contributed by atoms with van der Waals surface area (Å²) in [5.74, 6) is 0.832. The van der Waals surface area contributed by atoms with E-state index in [1.807, 2.05) is 24.3 Å². The molecule has 0 aliphatic heterocycles. The van der Waals surface area contributed by atoms with Gasteiger partial charge in [-0.2, -0.15) is 0 Å². The van der Waals surface area contributed by atoms with Gasteiger partial charge in [-0.15, -0.1) is 0 Å². The van der Waals surface area contributed by atoms with Crippen LogP contribution in [0, 0.1) is 0 Å². The van der Waals surface area contributed by atoms with Crippen LogP contribution in [0.2, 0.25) is 0 Å². The molecule has 1 aromatic rings. The fraction of sp³-hybridized carbons (Fsp3) is 0.778. The van der Waals surface area contributed by atoms with E-state index >= 15 is 0 Å². The topological polar surface area (TPSA) is 47.9 Å². The summed E-state index contributed by atoms with van der Waals surface area (Å²) in [7, 11) is 1.66. The zero-order valence-electron chi connectivity index (χ0n) is 20.3. The monoisotopic (exact) mass is 436 g/mol. The van der Waals surface area contributed by atoms with Crippen molar-refractivity contribution in [1.29, 1.82) is 0 Å². The van der Waals surface area contributed by atoms with Gasteiger partial charge in [0.25, 0.3) is 0 Å². The molecule has 1 N–H and O–H groups in total. The molecule has 0 amide bonds. The molecular formula is C27H48O4. The molecule has 4 heteroatoms. The van der Waals surface area contributed by atoms with Gasteiger partial charge in [0, 0.05) is 6.61 Å². The normalized spacial score (nSPS) is 12.2. The van der Waals surface area contributed by atoms with Crippen LogP contribution in [0.5, 0.6) is 5.75 Å². The highest BCUT2D eigenvalue weighted by Crippen LogP contribution is 2.14. The average Bonchev–Trinajstić information content (AvgIpc) is 2.81. The van der Waals surface area contributed by atoms with E-state index in [4.69, 9.17) is 14.2 Å². The van der Waals surface area contributed by atoms with E-state index in [1.54, 1.807) is 7.11 Å². The summed E-state index contributed by atoms with van der Waals surface area (Å²) in [6.07, 6.45) is 18.8. The molecule has 0 saturated heterocycles. The van der Waals surface area contributed by atoms with Gasteiger partial charge in [-0.3, -0.25) is 0 Å². The first kappa shape index (κ1) is 27.9. The van der Waals surface area contributed by atoms with E-state index in [0.29, 0.717) is 13.2 Å². The third-order valence-corrected chi connectivity index (χ3v) is 5.79. The predicted octanol–water partition coefficient (Wildman–Crippen LogP) is 7.07. The molecule has 0 heterocycles. The number of methoxy groups -OCH3 is 1. The van der Waals surface area contributed by atoms with Gasteiger partial charge < -0.3 is 19.3 Å². The smallest absolute Gasteiger partial charge is 0.118 e. The van der Waals surface area contributed by atoms with E-state index in [0.717, 1.165) is 24.3 Å². The van der Waals surface area contributed by atoms with Crippen LogP contribution in [0.25, 0.3) is 0 Å². The molecule has 1 atom stereocenters. The van der Waals surface area contributed by atoms with Gasteiger partial charge in [-0.25, -0.2) is 0 Å². The van der Waals surface area contributed by atoms with Crippen molar-refractivity contribution in [1.82, 2.24) is 0 Å². The number of aliphatic hydroxyl groups excluding tert-OH is 1. The van der Waals surface area contributed by atoms with Gasteiger partial charge in [-0.05, 0) is 24.1 Å². The lowest BCUT2D eigenvalue weighted by molar-refractivity contribution is -0.0502. The van der Waals surface area contributed by atoms with Gasteiger partial charge in [0.05, 0.1) is 26.9 Å². The van der Waals surface area contributed by atoms with Crippen molar-refractivity contribution >= 4 is 0 Å². The first-order valence-electron chi connectivity index (χ1n) is 12.7. The number of unbranched alkanes of at least 4 members (excludes halogenated alkanes) is 13. The summed E-state index contributed by atoms with van der Waals surface area (Å²) < 4.78 is 16.6. The molecule has 0 spiro atoms. The minimum atomic E-state index is -0.270. The minimum Gasteiger partial charge on any atom is -0.497 e. The summed E-state index contributed by atoms with van der Waals surface area (Å²) in [5.41, 5.74) is 1.06. The summed E-state index contributed by atoms with van der Waals surface area (Å²) >= 11 is 0. The Balaban J connectivity index is 1.86. The summed E-state index contributed by atoms with van der Waals surface area (Å²) in [5, 5.41) is 9.49. The van der Waals surface area contributed by atoms with Crippen LogP contribution in [0.15, 0.2) is 24.3 Å². The van der Waals surface area contributed by atoms with Crippen molar-refractivity contribution in [2.24, 2.45) is 0 Å². The molecule has 0 aliphatic rings. The molecule has 1 aromatic carbocycles. The van der Waals surface area contributed by atoms with Gasteiger partial charge in [-0.1, -0.05) is 103 Å². The molecule has 0 unspecified atom stereocenters. The number of ether oxygens (including phenoxy) is 3. The maximum atomic E-state index is 9.49. The van der Waals surface area contributed by atoms with Crippen LogP contribution in [-0.2, 0) is 16.1 Å². The van der Waals surface area contributed by atoms with Crippen molar-refractivity contribution < 1.29 is 19.3 Å². The molecule has 0 fully saturated rings. The maximum Gasteiger partial charge on any atom is 0.118 e. The van der Waals surface area contributed by atoms with Crippen LogP contribution in [0.1, 0.15) is 102 Å². The second-order valence-corrected chi connectivity index (χ2v) is 8.63. The molecule has 0 aliphatic carbocycles. The molecule has 0 aromatic heterocycles. The highest BCUT2D eigenvalue weighted by Gasteiger charge is 2.08. The van der Waals surface area contributed by atoms with Gasteiger partial charge >= 0.3 is 0 Å². The van der Waals surface area contributed by atoms with Crippen LogP contribution in [0.4, 0.5) is 0 Å². The van der Waals surface area contributed by atoms with Crippen molar-refractivity contribution in [3.8, 4) is 5.75 Å². The molecule has 0 radical (unpaired) electrons. The molecule has 4 nitrogen and oxygen atoms in total. The van der Waals surface area contributed by atoms with Gasteiger partial charge in [0.2, 0.25) is 0 Å². The number of aliphatic hydroxyl groups is 1. The Morgan fingerprint density at radius 3 is 1.74 bits per heavy atom. The molecule has 31 heavy (non-hydrogen) atoms. The Morgan fingerprint density at radius 2 is 1.26 bits per heavy atom. The highest BCUT2D eigenvalue weighted by molar-refractivity contribution is 5.26. The third-order valence-electron chi connectivity index (χ3n) is 5.79. The summed E-state index contributed by atoms with van der Waals surface area (Å²) in [6, 6.07) is 7.78. The second kappa shape index (κ2) is 20.8. The second-order valence-electron chi connectivity index (χ2n) is 8.63. The molecule has 180 valence electrons. The lowest BCUT2D eigenvalue weighted by Gasteiger charge is -2.16. The zero-order chi connectivity index (χ0) is 22.4. The van der Waals surface area contributed by atoms with Crippen molar-refractivity contribution in [2.75, 3.05) is 26.9 Å². The summed E-state index contributed by atoms with van der Waals surface area (Å²) in [6.45, 7) is 3.93. The van der Waals surface area contributed by atoms with Crippen LogP contribution in [-0.4, -0.2) is 38.1 Å². The quantitative estimate of drug-likeness (QED) is 0.197. The first-order valence-corrected chi connectivity index (χ1v) is 12.7. The molecular weight excluding hydrogens is 388 g/mol. The Hall–Kier alpha value is -1.10. The Bertz CT molecular complexity index is 489. The fourth-order valence-electron chi connectivity index (χ4n) is 3.70. The molecule has 0 bridgehead atoms. The number of benzene rings is 1. The van der Waals surface area contributed by atoms with Crippen molar-refractivity contribution in [3.05, 3.63) is 29.8 Å². The number of hydrogen-bond donors (Lipinski definition) is 1. The molecule has 1 rings (SSSR count). The Kier molecular flexibility index (Phi) is 18.7. The Labute approximate surface area is 191 Å². The number of rotatable bonds is 22. The van der Waals surface area contributed by atoms with E-state index in [2.05, 4.69) is 6.92 Å². The fourth-order valence-corrected chi connectivity index (χ4v) is 3.70. The van der Waals surface area contributed by atoms with Crippen molar-refractivity contribution in [2.45, 2.75) is 110 Å². The SMILES string of the molecule is CCCCCCCCCCCCCCCCOC[C@H](CO)OCc1ccc(OC)cc1. The maximum absolute atomic E-state index is 9.49. The third kappa shape index (κ3) is 16.2. The Morgan fingerprint density at radius 1 is 0.742 bits per heavy atom. The van der Waals surface area contributed by atoms with Gasteiger partial charge in [0.1, 0.15) is 11.9 Å². The standard InChI is InChI=1S/C27H48O4/c1-3-4-5-6-7-8-9-10-11-12-13-14-15-16-21-30-24-27(22-28)31-23-25-17-19-26(29-2)20-18-25/h17-20,27-28H,3-16,21-24H2,1-2H3/t27-/m0/s1. The first-order chi connectivity index (χ1) is 15.3. The average molecular weight is 437 g/mol. The number of hydrogen-bond acceptors (Lipinski definition) is 4. The highest BCUT2D eigenvalue weighted by atomic mass is 16.5. The van der Waals surface area contributed by atoms with Crippen LogP contribution in [0.3, 0.4) is 0 Å². The van der Waals surface area contributed by atoms with Crippen LogP contribution < -0.4 is 4.74 Å². The van der Waals surface area contributed by atoms with Crippen molar-refractivity contribution in [3.63, 3.8) is 0 Å². The predicted molar refractivity (Wildman–Crippen MR) is 130 cm³/mol. The lowest BCUT2D eigenvalue weighted by atomic mass is 10.0. The van der Waals surface area contributed by atoms with E-state index in [9.17, 15) is 5.11 Å². The van der Waals surface area contributed by atoms with E-state index < -0.39 is 0 Å². The van der Waals surface area contributed by atoms with E-state index in [-0.39, 0.29) is 12.7 Å². The van der Waals surface area contributed by atoms with Gasteiger partial charge in [0.15, 0.2) is 0 Å². The van der Waals surface area contributed by atoms with E-state index in [1.165, 1.54) is 83.5 Å². The summed E-state index contributed by atoms with van der Waals surface area (Å²) in [4.78, 5) is 0. The minimum absolute atomic E-state index is 0.0190. The lowest BCUT2D eigenvalue weighted by Crippen LogP contribution is -2.24. The molecule has 0 saturated carbocycles. The van der Waals surface area contributed by atoms with Crippen LogP contribution >= 0.6 is 0 Å². The zero-order valence-corrected chi connectivity index (χ0v) is 20.3.